The Morgan fingerprint density at radius 3 is 2.61 bits per heavy atom. The van der Waals surface area contributed by atoms with Crippen LogP contribution in [0.15, 0.2) is 18.2 Å². The SMILES string of the molecule is COc1ccc(C(Br)C2CCCCO2)cc1OC. The van der Waals surface area contributed by atoms with Crippen molar-refractivity contribution in [1.29, 1.82) is 0 Å². The molecule has 1 saturated heterocycles. The predicted molar refractivity (Wildman–Crippen MR) is 74.8 cm³/mol. The van der Waals surface area contributed by atoms with E-state index in [9.17, 15) is 0 Å². The van der Waals surface area contributed by atoms with Crippen LogP contribution in [0, 0.1) is 0 Å². The summed E-state index contributed by atoms with van der Waals surface area (Å²) in [6, 6.07) is 6.00. The second-order valence-electron chi connectivity index (χ2n) is 4.42. The Bertz CT molecular complexity index is 389. The first-order chi connectivity index (χ1) is 8.76. The van der Waals surface area contributed by atoms with E-state index in [1.54, 1.807) is 14.2 Å². The molecule has 0 saturated carbocycles. The van der Waals surface area contributed by atoms with Crippen molar-refractivity contribution in [2.75, 3.05) is 20.8 Å². The molecule has 18 heavy (non-hydrogen) atoms. The quantitative estimate of drug-likeness (QED) is 0.793. The van der Waals surface area contributed by atoms with E-state index >= 15 is 0 Å². The lowest BCUT2D eigenvalue weighted by molar-refractivity contribution is 0.0160. The molecule has 0 amide bonds. The van der Waals surface area contributed by atoms with Crippen LogP contribution in [0.1, 0.15) is 29.7 Å². The Morgan fingerprint density at radius 2 is 2.00 bits per heavy atom. The first kappa shape index (κ1) is 13.7. The van der Waals surface area contributed by atoms with Crippen molar-refractivity contribution >= 4 is 15.9 Å². The third-order valence-corrected chi connectivity index (χ3v) is 4.39. The van der Waals surface area contributed by atoms with Gasteiger partial charge in [0.1, 0.15) is 0 Å². The summed E-state index contributed by atoms with van der Waals surface area (Å²) < 4.78 is 16.4. The van der Waals surface area contributed by atoms with Crippen LogP contribution in [0.4, 0.5) is 0 Å². The molecule has 0 bridgehead atoms. The fourth-order valence-corrected chi connectivity index (χ4v) is 2.94. The van der Waals surface area contributed by atoms with Crippen molar-refractivity contribution in [2.24, 2.45) is 0 Å². The van der Waals surface area contributed by atoms with Crippen LogP contribution < -0.4 is 9.47 Å². The van der Waals surface area contributed by atoms with Crippen LogP contribution >= 0.6 is 15.9 Å². The number of methoxy groups -OCH3 is 2. The molecule has 2 unspecified atom stereocenters. The minimum Gasteiger partial charge on any atom is -0.493 e. The van der Waals surface area contributed by atoms with Gasteiger partial charge < -0.3 is 14.2 Å². The fraction of sp³-hybridized carbons (Fsp3) is 0.571. The molecule has 1 fully saturated rings. The maximum Gasteiger partial charge on any atom is 0.161 e. The van der Waals surface area contributed by atoms with Crippen molar-refractivity contribution in [1.82, 2.24) is 0 Å². The average molecular weight is 315 g/mol. The van der Waals surface area contributed by atoms with Gasteiger partial charge in [-0.2, -0.15) is 0 Å². The molecule has 2 rings (SSSR count). The summed E-state index contributed by atoms with van der Waals surface area (Å²) in [5.41, 5.74) is 1.17. The molecule has 0 N–H and O–H groups in total. The number of ether oxygens (including phenoxy) is 3. The molecule has 0 spiro atoms. The van der Waals surface area contributed by atoms with Gasteiger partial charge in [-0.25, -0.2) is 0 Å². The van der Waals surface area contributed by atoms with E-state index in [4.69, 9.17) is 14.2 Å². The molecule has 0 aliphatic carbocycles. The summed E-state index contributed by atoms with van der Waals surface area (Å²) in [6.45, 7) is 0.861. The number of halogens is 1. The number of hydrogen-bond donors (Lipinski definition) is 0. The number of rotatable bonds is 4. The highest BCUT2D eigenvalue weighted by Gasteiger charge is 2.24. The van der Waals surface area contributed by atoms with Crippen molar-refractivity contribution in [3.05, 3.63) is 23.8 Å². The Labute approximate surface area is 117 Å². The first-order valence-electron chi connectivity index (χ1n) is 6.24. The van der Waals surface area contributed by atoms with Crippen LogP contribution in [-0.4, -0.2) is 26.9 Å². The van der Waals surface area contributed by atoms with Gasteiger partial charge in [-0.1, -0.05) is 22.0 Å². The third-order valence-electron chi connectivity index (χ3n) is 3.27. The lowest BCUT2D eigenvalue weighted by Gasteiger charge is -2.27. The Hall–Kier alpha value is -0.740. The van der Waals surface area contributed by atoms with E-state index in [-0.39, 0.29) is 10.9 Å². The largest absolute Gasteiger partial charge is 0.493 e. The highest BCUT2D eigenvalue weighted by molar-refractivity contribution is 9.09. The zero-order chi connectivity index (χ0) is 13.0. The Balaban J connectivity index is 2.16. The standard InChI is InChI=1S/C14H19BrO3/c1-16-11-7-6-10(9-13(11)17-2)14(15)12-5-3-4-8-18-12/h6-7,9,12,14H,3-5,8H2,1-2H3. The molecule has 1 heterocycles. The summed E-state index contributed by atoms with van der Waals surface area (Å²) in [6.07, 6.45) is 3.75. The molecule has 0 radical (unpaired) electrons. The molecule has 100 valence electrons. The van der Waals surface area contributed by atoms with Gasteiger partial charge in [-0.05, 0) is 37.0 Å². The molecular weight excluding hydrogens is 296 g/mol. The van der Waals surface area contributed by atoms with Crippen LogP contribution in [0.3, 0.4) is 0 Å². The van der Waals surface area contributed by atoms with E-state index in [1.807, 2.05) is 12.1 Å². The van der Waals surface area contributed by atoms with Crippen molar-refractivity contribution in [3.8, 4) is 11.5 Å². The number of benzene rings is 1. The van der Waals surface area contributed by atoms with E-state index in [0.717, 1.165) is 24.5 Å². The molecule has 4 heteroatoms. The predicted octanol–water partition coefficient (Wildman–Crippen LogP) is 3.71. The normalized spacial score (nSPS) is 21.4. The smallest absolute Gasteiger partial charge is 0.161 e. The van der Waals surface area contributed by atoms with Gasteiger partial charge >= 0.3 is 0 Å². The van der Waals surface area contributed by atoms with Crippen LogP contribution in [0.25, 0.3) is 0 Å². The molecule has 1 aliphatic heterocycles. The van der Waals surface area contributed by atoms with Crippen molar-refractivity contribution < 1.29 is 14.2 Å². The Morgan fingerprint density at radius 1 is 1.22 bits per heavy atom. The summed E-state index contributed by atoms with van der Waals surface area (Å²) in [4.78, 5) is 0.206. The van der Waals surface area contributed by atoms with Crippen LogP contribution in [-0.2, 0) is 4.74 Å². The molecular formula is C14H19BrO3. The maximum atomic E-state index is 5.81. The fourth-order valence-electron chi connectivity index (χ4n) is 2.24. The van der Waals surface area contributed by atoms with Crippen LogP contribution in [0.5, 0.6) is 11.5 Å². The van der Waals surface area contributed by atoms with E-state index in [2.05, 4.69) is 22.0 Å². The maximum absolute atomic E-state index is 5.81. The second kappa shape index (κ2) is 6.43. The van der Waals surface area contributed by atoms with Gasteiger partial charge in [0.15, 0.2) is 11.5 Å². The van der Waals surface area contributed by atoms with Gasteiger partial charge in [0.05, 0.1) is 25.2 Å². The Kier molecular flexibility index (Phi) is 4.89. The van der Waals surface area contributed by atoms with Crippen LogP contribution in [0.2, 0.25) is 0 Å². The lowest BCUT2D eigenvalue weighted by atomic mass is 10.0. The van der Waals surface area contributed by atoms with Crippen molar-refractivity contribution in [2.45, 2.75) is 30.2 Å². The van der Waals surface area contributed by atoms with Gasteiger partial charge in [0.25, 0.3) is 0 Å². The summed E-state index contributed by atoms with van der Waals surface area (Å²) in [5, 5.41) is 0. The average Bonchev–Trinajstić information content (AvgIpc) is 2.46. The minimum atomic E-state index is 0.206. The summed E-state index contributed by atoms with van der Waals surface area (Å²) in [7, 11) is 3.30. The van der Waals surface area contributed by atoms with E-state index in [0.29, 0.717) is 0 Å². The van der Waals surface area contributed by atoms with Crippen molar-refractivity contribution in [3.63, 3.8) is 0 Å². The van der Waals surface area contributed by atoms with Gasteiger partial charge in [0.2, 0.25) is 0 Å². The lowest BCUT2D eigenvalue weighted by Crippen LogP contribution is -2.23. The molecule has 2 atom stereocenters. The zero-order valence-electron chi connectivity index (χ0n) is 10.8. The van der Waals surface area contributed by atoms with E-state index in [1.165, 1.54) is 18.4 Å². The molecule has 3 nitrogen and oxygen atoms in total. The third kappa shape index (κ3) is 2.98. The molecule has 0 aromatic heterocycles. The van der Waals surface area contributed by atoms with E-state index < -0.39 is 0 Å². The molecule has 1 aromatic rings. The van der Waals surface area contributed by atoms with Gasteiger partial charge in [-0.3, -0.25) is 0 Å². The monoisotopic (exact) mass is 314 g/mol. The molecule has 1 aromatic carbocycles. The molecule has 1 aliphatic rings. The number of alkyl halides is 1. The number of hydrogen-bond acceptors (Lipinski definition) is 3. The van der Waals surface area contributed by atoms with Gasteiger partial charge in [0, 0.05) is 6.61 Å². The topological polar surface area (TPSA) is 27.7 Å². The summed E-state index contributed by atoms with van der Waals surface area (Å²) in [5.74, 6) is 1.51. The summed E-state index contributed by atoms with van der Waals surface area (Å²) >= 11 is 3.74. The second-order valence-corrected chi connectivity index (χ2v) is 5.41. The highest BCUT2D eigenvalue weighted by Crippen LogP contribution is 2.37. The van der Waals surface area contributed by atoms with Gasteiger partial charge in [-0.15, -0.1) is 0 Å². The first-order valence-corrected chi connectivity index (χ1v) is 7.15. The minimum absolute atomic E-state index is 0.206. The highest BCUT2D eigenvalue weighted by atomic mass is 79.9. The zero-order valence-corrected chi connectivity index (χ0v) is 12.4.